The molecule has 0 fully saturated rings. The molecule has 0 aliphatic heterocycles. The lowest BCUT2D eigenvalue weighted by Crippen LogP contribution is -2.54. The minimum atomic E-state index is -6.33. The van der Waals surface area contributed by atoms with E-state index in [9.17, 15) is 57.8 Å². The van der Waals surface area contributed by atoms with E-state index < -0.39 is 69.0 Å². The van der Waals surface area contributed by atoms with E-state index in [0.29, 0.717) is 12.1 Å². The van der Waals surface area contributed by atoms with Crippen molar-refractivity contribution in [1.82, 2.24) is 0 Å². The van der Waals surface area contributed by atoms with Gasteiger partial charge in [0.25, 0.3) is 5.60 Å². The lowest BCUT2D eigenvalue weighted by Gasteiger charge is -2.36. The van der Waals surface area contributed by atoms with Crippen LogP contribution in [0.3, 0.4) is 0 Å². The van der Waals surface area contributed by atoms with Crippen molar-refractivity contribution in [2.24, 2.45) is 0 Å². The summed E-state index contributed by atoms with van der Waals surface area (Å²) in [5, 5.41) is 7.89. The average molecular weight is 488 g/mol. The zero-order chi connectivity index (χ0) is 25.3. The summed E-state index contributed by atoms with van der Waals surface area (Å²) in [6.07, 6.45) is -24.5. The first kappa shape index (κ1) is 25.7. The Morgan fingerprint density at radius 3 is 1.19 bits per heavy atom. The van der Waals surface area contributed by atoms with E-state index in [1.54, 1.807) is 0 Å². The van der Waals surface area contributed by atoms with E-state index in [1.807, 2.05) is 0 Å². The van der Waals surface area contributed by atoms with Crippen LogP contribution in [0.15, 0.2) is 24.3 Å². The van der Waals surface area contributed by atoms with Crippen LogP contribution in [-0.2, 0) is 11.0 Å². The van der Waals surface area contributed by atoms with E-state index in [0.717, 1.165) is 0 Å². The van der Waals surface area contributed by atoms with Crippen molar-refractivity contribution in [3.8, 4) is 0 Å². The van der Waals surface area contributed by atoms with Gasteiger partial charge in [0.05, 0.1) is 0 Å². The Kier molecular flexibility index (Phi) is 5.58. The van der Waals surface area contributed by atoms with Crippen molar-refractivity contribution in [2.45, 2.75) is 42.6 Å². The van der Waals surface area contributed by atoms with Crippen LogP contribution in [0.5, 0.6) is 0 Å². The fourth-order valence-corrected chi connectivity index (χ4v) is 3.14. The molecular weight excluding hydrogens is 476 g/mol. The van der Waals surface area contributed by atoms with Crippen molar-refractivity contribution < 1.29 is 57.8 Å². The van der Waals surface area contributed by atoms with Crippen LogP contribution < -0.4 is 11.5 Å². The third-order valence-corrected chi connectivity index (χ3v) is 5.17. The highest BCUT2D eigenvalue weighted by atomic mass is 19.4. The van der Waals surface area contributed by atoms with Gasteiger partial charge in [0.15, 0.2) is 5.41 Å². The first-order valence-electron chi connectivity index (χ1n) is 8.14. The number of benzene rings is 2. The SMILES string of the molecule is CC(c1ccc2c(N)c(C(O)(C(F)(F)F)C(F)(F)F)ccc2c1N)(C(F)(F)F)C(F)(F)F. The maximum Gasteiger partial charge on any atom is 0.430 e. The number of nitrogen functional groups attached to an aromatic ring is 2. The molecule has 0 heterocycles. The third-order valence-electron chi connectivity index (χ3n) is 5.17. The predicted octanol–water partition coefficient (Wildman–Crippen LogP) is 5.70. The largest absolute Gasteiger partial charge is 0.430 e. The van der Waals surface area contributed by atoms with Gasteiger partial charge in [0.1, 0.15) is 0 Å². The standard InChI is InChI=1S/C17H12F12N2O/c1-12(14(18,19)20,15(21,22)23)8-4-2-7-6(10(8)30)3-5-9(11(7)31)13(32,16(24,25)26)17(27,28)29/h2-5,32H,30-31H2,1H3. The Morgan fingerprint density at radius 2 is 0.875 bits per heavy atom. The number of nitrogens with two attached hydrogens (primary N) is 2. The molecule has 0 unspecified atom stereocenters. The molecule has 0 aliphatic carbocycles. The van der Waals surface area contributed by atoms with Gasteiger partial charge >= 0.3 is 24.7 Å². The molecule has 0 bridgehead atoms. The Hall–Kier alpha value is -2.58. The second-order valence-electron chi connectivity index (χ2n) is 6.98. The number of fused-ring (bicyclic) bond motifs is 1. The summed E-state index contributed by atoms with van der Waals surface area (Å²) < 4.78 is 159. The highest BCUT2D eigenvalue weighted by Crippen LogP contribution is 2.56. The summed E-state index contributed by atoms with van der Waals surface area (Å²) in [5.74, 6) is 0. The summed E-state index contributed by atoms with van der Waals surface area (Å²) in [5.41, 5.74) is -5.30. The molecule has 0 saturated heterocycles. The lowest BCUT2D eigenvalue weighted by molar-refractivity contribution is -0.375. The quantitative estimate of drug-likeness (QED) is 0.375. The highest BCUT2D eigenvalue weighted by Gasteiger charge is 2.72. The van der Waals surface area contributed by atoms with Crippen molar-refractivity contribution >= 4 is 22.1 Å². The summed E-state index contributed by atoms with van der Waals surface area (Å²) >= 11 is 0. The molecular formula is C17H12F12N2O. The number of halogens is 12. The minimum absolute atomic E-state index is 0.0166. The number of hydrogen-bond acceptors (Lipinski definition) is 3. The van der Waals surface area contributed by atoms with Crippen LogP contribution in [0.25, 0.3) is 10.8 Å². The van der Waals surface area contributed by atoms with Gasteiger partial charge in [-0.15, -0.1) is 0 Å². The van der Waals surface area contributed by atoms with E-state index in [-0.39, 0.29) is 19.1 Å². The van der Waals surface area contributed by atoms with Gasteiger partial charge in [-0.25, -0.2) is 0 Å². The fraction of sp³-hybridized carbons (Fsp3) is 0.412. The predicted molar refractivity (Wildman–Crippen MR) is 88.2 cm³/mol. The Balaban J connectivity index is 2.93. The number of hydrogen-bond donors (Lipinski definition) is 3. The van der Waals surface area contributed by atoms with Gasteiger partial charge in [-0.1, -0.05) is 24.3 Å². The molecule has 15 heteroatoms. The first-order valence-corrected chi connectivity index (χ1v) is 8.14. The third kappa shape index (κ3) is 3.36. The molecule has 180 valence electrons. The zero-order valence-electron chi connectivity index (χ0n) is 15.4. The summed E-state index contributed by atoms with van der Waals surface area (Å²) in [6.45, 7) is -0.228. The van der Waals surface area contributed by atoms with E-state index in [1.165, 1.54) is 0 Å². The van der Waals surface area contributed by atoms with Crippen molar-refractivity contribution in [3.05, 3.63) is 35.4 Å². The van der Waals surface area contributed by atoms with Crippen molar-refractivity contribution in [3.63, 3.8) is 0 Å². The smallest absolute Gasteiger partial charge is 0.398 e. The summed E-state index contributed by atoms with van der Waals surface area (Å²) in [4.78, 5) is 0. The van der Waals surface area contributed by atoms with E-state index >= 15 is 0 Å². The van der Waals surface area contributed by atoms with Crippen LogP contribution in [-0.4, -0.2) is 29.8 Å². The molecule has 0 radical (unpaired) electrons. The van der Waals surface area contributed by atoms with Gasteiger partial charge in [0.2, 0.25) is 0 Å². The second-order valence-corrected chi connectivity index (χ2v) is 6.98. The van der Waals surface area contributed by atoms with Crippen molar-refractivity contribution in [1.29, 1.82) is 0 Å². The minimum Gasteiger partial charge on any atom is -0.398 e. The zero-order valence-corrected chi connectivity index (χ0v) is 15.4. The number of rotatable bonds is 2. The van der Waals surface area contributed by atoms with Gasteiger partial charge in [-0.05, 0) is 12.5 Å². The molecule has 2 aromatic rings. The number of aliphatic hydroxyl groups is 1. The van der Waals surface area contributed by atoms with Crippen LogP contribution in [0.1, 0.15) is 18.1 Å². The van der Waals surface area contributed by atoms with E-state index in [2.05, 4.69) is 0 Å². The van der Waals surface area contributed by atoms with Gasteiger partial charge < -0.3 is 16.6 Å². The summed E-state index contributed by atoms with van der Waals surface area (Å²) in [6, 6.07) is 0.814. The second kappa shape index (κ2) is 6.96. The monoisotopic (exact) mass is 488 g/mol. The molecule has 32 heavy (non-hydrogen) atoms. The Morgan fingerprint density at radius 1 is 0.562 bits per heavy atom. The van der Waals surface area contributed by atoms with Gasteiger partial charge in [-0.3, -0.25) is 0 Å². The van der Waals surface area contributed by atoms with Gasteiger partial charge in [-0.2, -0.15) is 52.7 Å². The van der Waals surface area contributed by atoms with Crippen LogP contribution in [0, 0.1) is 0 Å². The molecule has 0 aliphatic rings. The average Bonchev–Trinajstić information content (AvgIpc) is 2.57. The molecule has 0 saturated carbocycles. The maximum atomic E-state index is 13.3. The number of anilines is 2. The topological polar surface area (TPSA) is 72.3 Å². The summed E-state index contributed by atoms with van der Waals surface area (Å²) in [7, 11) is 0. The van der Waals surface area contributed by atoms with Crippen LogP contribution in [0.4, 0.5) is 64.1 Å². The molecule has 0 aromatic heterocycles. The van der Waals surface area contributed by atoms with Crippen molar-refractivity contribution in [2.75, 3.05) is 11.5 Å². The molecule has 0 spiro atoms. The van der Waals surface area contributed by atoms with Gasteiger partial charge in [0, 0.05) is 27.7 Å². The van der Waals surface area contributed by atoms with Crippen LogP contribution in [0.2, 0.25) is 0 Å². The Labute approximate surface area is 170 Å². The molecule has 2 aromatic carbocycles. The Bertz CT molecular complexity index is 922. The lowest BCUT2D eigenvalue weighted by atomic mass is 9.78. The van der Waals surface area contributed by atoms with E-state index in [4.69, 9.17) is 11.5 Å². The molecule has 2 rings (SSSR count). The highest BCUT2D eigenvalue weighted by molar-refractivity contribution is 6.02. The fourth-order valence-electron chi connectivity index (χ4n) is 3.14. The molecule has 0 amide bonds. The maximum absolute atomic E-state index is 13.3. The molecule has 5 N–H and O–H groups in total. The normalized spacial score (nSPS) is 14.8. The first-order chi connectivity index (χ1) is 14.0. The van der Waals surface area contributed by atoms with Crippen LogP contribution >= 0.6 is 0 Å². The molecule has 0 atom stereocenters. The molecule has 3 nitrogen and oxygen atoms in total. The number of alkyl halides is 12.